The van der Waals surface area contributed by atoms with Gasteiger partial charge in [-0.2, -0.15) is 16.9 Å². The van der Waals surface area contributed by atoms with E-state index in [1.165, 1.54) is 0 Å². The number of anilines is 1. The van der Waals surface area contributed by atoms with Crippen molar-refractivity contribution >= 4 is 17.6 Å². The number of aryl methyl sites for hydroxylation is 2. The number of nitrogens with zero attached hydrogens (tertiary/aromatic N) is 4. The van der Waals surface area contributed by atoms with Gasteiger partial charge >= 0.3 is 0 Å². The lowest BCUT2D eigenvalue weighted by molar-refractivity contribution is 0.182. The summed E-state index contributed by atoms with van der Waals surface area (Å²) in [4.78, 5) is 21.1. The van der Waals surface area contributed by atoms with Crippen LogP contribution in [0.15, 0.2) is 23.3 Å². The lowest BCUT2D eigenvalue weighted by Gasteiger charge is -2.23. The molecule has 2 atom stereocenters. The highest BCUT2D eigenvalue weighted by Gasteiger charge is 2.32. The molecule has 1 saturated heterocycles. The summed E-state index contributed by atoms with van der Waals surface area (Å²) >= 11 is 1.85. The highest BCUT2D eigenvalue weighted by Crippen LogP contribution is 2.25. The summed E-state index contributed by atoms with van der Waals surface area (Å²) in [6.45, 7) is 2.89. The lowest BCUT2D eigenvalue weighted by atomic mass is 10.1. The Kier molecular flexibility index (Phi) is 4.24. The number of aromatic nitrogens is 4. The zero-order chi connectivity index (χ0) is 16.5. The predicted molar refractivity (Wildman–Crippen MR) is 92.4 cm³/mol. The monoisotopic (exact) mass is 345 g/mol. The second-order valence-corrected chi connectivity index (χ2v) is 7.15. The largest absolute Gasteiger partial charge is 0.377 e. The summed E-state index contributed by atoms with van der Waals surface area (Å²) in [7, 11) is 0. The number of ether oxygens (including phenoxy) is 1. The SMILES string of the molecule is Cc1nccnc1NC1COCC1n1nc2c(cc1=O)CSCC2. The third kappa shape index (κ3) is 2.91. The maximum Gasteiger partial charge on any atom is 0.267 e. The second-order valence-electron chi connectivity index (χ2n) is 6.05. The van der Waals surface area contributed by atoms with Crippen LogP contribution in [0.1, 0.15) is 23.0 Å². The van der Waals surface area contributed by atoms with Crippen molar-refractivity contribution in [2.45, 2.75) is 31.2 Å². The van der Waals surface area contributed by atoms with E-state index < -0.39 is 0 Å². The van der Waals surface area contributed by atoms with E-state index in [1.54, 1.807) is 23.1 Å². The van der Waals surface area contributed by atoms with Crippen molar-refractivity contribution < 1.29 is 4.74 Å². The minimum atomic E-state index is -0.140. The Hall–Kier alpha value is -1.93. The first-order chi connectivity index (χ1) is 11.7. The highest BCUT2D eigenvalue weighted by molar-refractivity contribution is 7.98. The number of rotatable bonds is 3. The van der Waals surface area contributed by atoms with Gasteiger partial charge < -0.3 is 10.1 Å². The van der Waals surface area contributed by atoms with Gasteiger partial charge in [-0.25, -0.2) is 9.67 Å². The molecule has 0 aromatic carbocycles. The van der Waals surface area contributed by atoms with Gasteiger partial charge in [-0.3, -0.25) is 9.78 Å². The van der Waals surface area contributed by atoms with E-state index in [4.69, 9.17) is 4.74 Å². The van der Waals surface area contributed by atoms with Crippen molar-refractivity contribution in [2.75, 3.05) is 24.3 Å². The van der Waals surface area contributed by atoms with Crippen LogP contribution in [0.5, 0.6) is 0 Å². The minimum Gasteiger partial charge on any atom is -0.377 e. The van der Waals surface area contributed by atoms with Crippen molar-refractivity contribution in [3.05, 3.63) is 45.8 Å². The van der Waals surface area contributed by atoms with E-state index >= 15 is 0 Å². The standard InChI is InChI=1S/C16H19N5O2S/c1-10-16(18-4-3-17-10)19-13-7-23-8-14(13)21-15(22)6-11-9-24-5-2-12(11)20-21/h3-4,6,13-14H,2,5,7-9H2,1H3,(H,18,19). The second kappa shape index (κ2) is 6.52. The molecule has 2 aromatic heterocycles. The van der Waals surface area contributed by atoms with E-state index in [2.05, 4.69) is 20.4 Å². The number of thioether (sulfide) groups is 1. The van der Waals surface area contributed by atoms with Gasteiger partial charge in [0.1, 0.15) is 11.9 Å². The van der Waals surface area contributed by atoms with Crippen LogP contribution in [0.2, 0.25) is 0 Å². The fraction of sp³-hybridized carbons (Fsp3) is 0.500. The Morgan fingerprint density at radius 2 is 2.21 bits per heavy atom. The molecular formula is C16H19N5O2S. The van der Waals surface area contributed by atoms with Gasteiger partial charge in [0.05, 0.1) is 30.6 Å². The maximum absolute atomic E-state index is 12.5. The molecule has 126 valence electrons. The average molecular weight is 345 g/mol. The number of fused-ring (bicyclic) bond motifs is 1. The minimum absolute atomic E-state index is 0.0541. The smallest absolute Gasteiger partial charge is 0.267 e. The molecule has 0 bridgehead atoms. The molecular weight excluding hydrogens is 326 g/mol. The van der Waals surface area contributed by atoms with Crippen molar-refractivity contribution in [3.63, 3.8) is 0 Å². The zero-order valence-corrected chi connectivity index (χ0v) is 14.3. The van der Waals surface area contributed by atoms with E-state index in [1.807, 2.05) is 18.7 Å². The molecule has 8 heteroatoms. The molecule has 2 aliphatic rings. The van der Waals surface area contributed by atoms with Gasteiger partial charge in [-0.1, -0.05) is 0 Å². The molecule has 2 aliphatic heterocycles. The quantitative estimate of drug-likeness (QED) is 0.894. The zero-order valence-electron chi connectivity index (χ0n) is 13.4. The molecule has 4 rings (SSSR count). The summed E-state index contributed by atoms with van der Waals surface area (Å²) in [6, 6.07) is 1.54. The first-order valence-corrected chi connectivity index (χ1v) is 9.19. The van der Waals surface area contributed by atoms with E-state index in [0.717, 1.165) is 40.7 Å². The third-order valence-electron chi connectivity index (χ3n) is 4.43. The molecule has 1 fully saturated rings. The molecule has 0 spiro atoms. The van der Waals surface area contributed by atoms with Gasteiger partial charge in [0.25, 0.3) is 5.56 Å². The Morgan fingerprint density at radius 3 is 3.08 bits per heavy atom. The van der Waals surface area contributed by atoms with Crippen LogP contribution in [0.4, 0.5) is 5.82 Å². The molecule has 0 aliphatic carbocycles. The Morgan fingerprint density at radius 1 is 1.33 bits per heavy atom. The van der Waals surface area contributed by atoms with Gasteiger partial charge in [0, 0.05) is 30.6 Å². The summed E-state index contributed by atoms with van der Waals surface area (Å²) < 4.78 is 7.21. The van der Waals surface area contributed by atoms with E-state index in [0.29, 0.717) is 13.2 Å². The highest BCUT2D eigenvalue weighted by atomic mass is 32.2. The summed E-state index contributed by atoms with van der Waals surface area (Å²) in [5, 5.41) is 8.01. The van der Waals surface area contributed by atoms with Crippen molar-refractivity contribution in [1.82, 2.24) is 19.7 Å². The van der Waals surface area contributed by atoms with Gasteiger partial charge in [-0.05, 0) is 18.2 Å². The van der Waals surface area contributed by atoms with E-state index in [-0.39, 0.29) is 17.6 Å². The summed E-state index contributed by atoms with van der Waals surface area (Å²) in [5.74, 6) is 2.65. The molecule has 4 heterocycles. The molecule has 24 heavy (non-hydrogen) atoms. The topological polar surface area (TPSA) is 81.9 Å². The maximum atomic E-state index is 12.5. The van der Waals surface area contributed by atoms with Crippen LogP contribution in [-0.4, -0.2) is 44.8 Å². The van der Waals surface area contributed by atoms with Crippen LogP contribution >= 0.6 is 11.8 Å². The number of hydrogen-bond donors (Lipinski definition) is 1. The van der Waals surface area contributed by atoms with Crippen LogP contribution in [-0.2, 0) is 16.9 Å². The van der Waals surface area contributed by atoms with Crippen LogP contribution in [0.25, 0.3) is 0 Å². The molecule has 2 unspecified atom stereocenters. The Balaban J connectivity index is 1.63. The molecule has 0 radical (unpaired) electrons. The predicted octanol–water partition coefficient (Wildman–Crippen LogP) is 1.18. The van der Waals surface area contributed by atoms with Gasteiger partial charge in [0.2, 0.25) is 0 Å². The van der Waals surface area contributed by atoms with E-state index in [9.17, 15) is 4.79 Å². The first-order valence-electron chi connectivity index (χ1n) is 8.03. The lowest BCUT2D eigenvalue weighted by Crippen LogP contribution is -2.38. The first kappa shape index (κ1) is 15.6. The van der Waals surface area contributed by atoms with Crippen molar-refractivity contribution in [3.8, 4) is 0 Å². The van der Waals surface area contributed by atoms with Crippen LogP contribution < -0.4 is 10.9 Å². The summed E-state index contributed by atoms with van der Waals surface area (Å²) in [6.07, 6.45) is 4.23. The average Bonchev–Trinajstić information content (AvgIpc) is 3.04. The van der Waals surface area contributed by atoms with Crippen LogP contribution in [0.3, 0.4) is 0 Å². The normalized spacial score (nSPS) is 23.0. The van der Waals surface area contributed by atoms with Crippen LogP contribution in [0, 0.1) is 6.92 Å². The number of nitrogens with one attached hydrogen (secondary N) is 1. The summed E-state index contributed by atoms with van der Waals surface area (Å²) in [5.41, 5.74) is 2.87. The molecule has 0 saturated carbocycles. The fourth-order valence-electron chi connectivity index (χ4n) is 3.11. The molecule has 2 aromatic rings. The molecule has 1 N–H and O–H groups in total. The van der Waals surface area contributed by atoms with Gasteiger partial charge in [-0.15, -0.1) is 0 Å². The number of hydrogen-bond acceptors (Lipinski definition) is 7. The Bertz CT molecular complexity index is 809. The fourth-order valence-corrected chi connectivity index (χ4v) is 4.06. The van der Waals surface area contributed by atoms with Crippen molar-refractivity contribution in [2.24, 2.45) is 0 Å². The third-order valence-corrected chi connectivity index (χ3v) is 5.44. The molecule has 0 amide bonds. The Labute approximate surface area is 143 Å². The van der Waals surface area contributed by atoms with Crippen molar-refractivity contribution in [1.29, 1.82) is 0 Å². The molecule has 7 nitrogen and oxygen atoms in total. The van der Waals surface area contributed by atoms with Gasteiger partial charge in [0.15, 0.2) is 0 Å².